The third kappa shape index (κ3) is 2.28. The van der Waals surface area contributed by atoms with Crippen LogP contribution in [0.15, 0.2) is 0 Å². The highest BCUT2D eigenvalue weighted by Gasteiger charge is 2.53. The van der Waals surface area contributed by atoms with Crippen molar-refractivity contribution in [3.63, 3.8) is 0 Å². The molecule has 0 heterocycles. The summed E-state index contributed by atoms with van der Waals surface area (Å²) in [7, 11) is 0. The average Bonchev–Trinajstić information content (AvgIpc) is 3.02. The molecule has 0 aromatic carbocycles. The van der Waals surface area contributed by atoms with Gasteiger partial charge in [0.2, 0.25) is 0 Å². The maximum Gasteiger partial charge on any atom is 0.136 e. The summed E-state index contributed by atoms with van der Waals surface area (Å²) in [6.07, 6.45) is 7.62. The largest absolute Gasteiger partial charge is 0.299 e. The first-order valence-corrected chi connectivity index (χ1v) is 8.13. The van der Waals surface area contributed by atoms with Crippen molar-refractivity contribution in [1.82, 2.24) is 0 Å². The molecular formula is C17H28O2. The van der Waals surface area contributed by atoms with Crippen molar-refractivity contribution >= 4 is 11.6 Å². The van der Waals surface area contributed by atoms with Crippen LogP contribution in [0.25, 0.3) is 0 Å². The molecule has 2 fully saturated rings. The molecule has 2 aliphatic rings. The lowest BCUT2D eigenvalue weighted by molar-refractivity contribution is -0.135. The molecule has 0 amide bonds. The minimum Gasteiger partial charge on any atom is -0.299 e. The van der Waals surface area contributed by atoms with E-state index in [0.29, 0.717) is 17.5 Å². The summed E-state index contributed by atoms with van der Waals surface area (Å²) < 4.78 is 0. The lowest BCUT2D eigenvalue weighted by Crippen LogP contribution is -2.46. The quantitative estimate of drug-likeness (QED) is 0.747. The highest BCUT2D eigenvalue weighted by Crippen LogP contribution is 2.55. The molecule has 0 bridgehead atoms. The molecule has 2 heteroatoms. The molecule has 3 unspecified atom stereocenters. The van der Waals surface area contributed by atoms with Crippen LogP contribution in [0.1, 0.15) is 72.1 Å². The molecule has 0 aromatic rings. The molecule has 2 aliphatic carbocycles. The highest BCUT2D eigenvalue weighted by molar-refractivity contribution is 5.87. The summed E-state index contributed by atoms with van der Waals surface area (Å²) in [5.74, 6) is 1.64. The molecule has 0 aliphatic heterocycles. The predicted molar refractivity (Wildman–Crippen MR) is 76.9 cm³/mol. The zero-order chi connectivity index (χ0) is 14.0. The lowest BCUT2D eigenvalue weighted by Gasteiger charge is -2.46. The van der Waals surface area contributed by atoms with Crippen molar-refractivity contribution in [2.24, 2.45) is 23.2 Å². The first-order valence-electron chi connectivity index (χ1n) is 8.13. The number of carbonyl (C=O) groups excluding carboxylic acids is 2. The van der Waals surface area contributed by atoms with E-state index in [2.05, 4.69) is 20.8 Å². The van der Waals surface area contributed by atoms with Crippen LogP contribution in [-0.4, -0.2) is 11.6 Å². The van der Waals surface area contributed by atoms with Gasteiger partial charge in [0.15, 0.2) is 0 Å². The Balaban J connectivity index is 2.40. The molecule has 0 aromatic heterocycles. The van der Waals surface area contributed by atoms with Gasteiger partial charge in [-0.15, -0.1) is 0 Å². The van der Waals surface area contributed by atoms with Crippen LogP contribution in [0.2, 0.25) is 0 Å². The van der Waals surface area contributed by atoms with Crippen LogP contribution < -0.4 is 0 Å². The number of ketones is 2. The highest BCUT2D eigenvalue weighted by atomic mass is 16.1. The van der Waals surface area contributed by atoms with E-state index in [1.807, 2.05) is 0 Å². The van der Waals surface area contributed by atoms with Crippen LogP contribution in [0, 0.1) is 23.2 Å². The van der Waals surface area contributed by atoms with E-state index in [4.69, 9.17) is 0 Å². The van der Waals surface area contributed by atoms with Gasteiger partial charge in [0, 0.05) is 24.7 Å². The summed E-state index contributed by atoms with van der Waals surface area (Å²) in [5.41, 5.74) is -0.0457. The lowest BCUT2D eigenvalue weighted by atomic mass is 9.56. The summed E-state index contributed by atoms with van der Waals surface area (Å²) in [6, 6.07) is 0. The van der Waals surface area contributed by atoms with Gasteiger partial charge in [-0.25, -0.2) is 0 Å². The van der Waals surface area contributed by atoms with Gasteiger partial charge in [0.1, 0.15) is 11.6 Å². The molecule has 2 saturated carbocycles. The molecule has 2 nitrogen and oxygen atoms in total. The first-order chi connectivity index (χ1) is 9.07. The van der Waals surface area contributed by atoms with E-state index in [1.165, 1.54) is 0 Å². The van der Waals surface area contributed by atoms with Gasteiger partial charge >= 0.3 is 0 Å². The van der Waals surface area contributed by atoms with E-state index >= 15 is 0 Å². The zero-order valence-electron chi connectivity index (χ0n) is 12.7. The van der Waals surface area contributed by atoms with Gasteiger partial charge in [0.25, 0.3) is 0 Å². The Hall–Kier alpha value is -0.660. The fraction of sp³-hybridized carbons (Fsp3) is 0.882. The third-order valence-corrected chi connectivity index (χ3v) is 6.05. The standard InChI is InChI=1S/C17H28O2/c1-4-12(3)17(5-2,13-8-6-10-15(13)18)14-9-7-11-16(14)19/h12-14H,4-11H2,1-3H3. The Bertz CT molecular complexity index is 332. The Morgan fingerprint density at radius 2 is 1.53 bits per heavy atom. The molecule has 3 atom stereocenters. The second kappa shape index (κ2) is 5.76. The molecule has 0 spiro atoms. The van der Waals surface area contributed by atoms with Crippen molar-refractivity contribution in [2.75, 3.05) is 0 Å². The molecular weight excluding hydrogens is 236 g/mol. The van der Waals surface area contributed by atoms with Crippen molar-refractivity contribution < 1.29 is 9.59 Å². The maximum absolute atomic E-state index is 12.4. The smallest absolute Gasteiger partial charge is 0.136 e. The summed E-state index contributed by atoms with van der Waals surface area (Å²) >= 11 is 0. The first kappa shape index (κ1) is 14.7. The van der Waals surface area contributed by atoms with Gasteiger partial charge in [-0.2, -0.15) is 0 Å². The molecule has 19 heavy (non-hydrogen) atoms. The number of rotatable bonds is 5. The maximum atomic E-state index is 12.4. The normalized spacial score (nSPS) is 32.6. The fourth-order valence-corrected chi connectivity index (χ4v) is 4.92. The molecule has 0 radical (unpaired) electrons. The second-order valence-corrected chi connectivity index (χ2v) is 6.60. The summed E-state index contributed by atoms with van der Waals surface area (Å²) in [6.45, 7) is 6.66. The van der Waals surface area contributed by atoms with Crippen molar-refractivity contribution in [3.8, 4) is 0 Å². The molecule has 0 N–H and O–H groups in total. The van der Waals surface area contributed by atoms with Gasteiger partial charge < -0.3 is 0 Å². The number of Topliss-reactive ketones (excluding diaryl/α,β-unsaturated/α-hetero) is 2. The van der Waals surface area contributed by atoms with E-state index < -0.39 is 0 Å². The van der Waals surface area contributed by atoms with Crippen LogP contribution >= 0.6 is 0 Å². The zero-order valence-corrected chi connectivity index (χ0v) is 12.7. The van der Waals surface area contributed by atoms with Crippen LogP contribution in [0.4, 0.5) is 0 Å². The molecule has 108 valence electrons. The van der Waals surface area contributed by atoms with Crippen LogP contribution in [0.5, 0.6) is 0 Å². The Labute approximate surface area is 117 Å². The monoisotopic (exact) mass is 264 g/mol. The summed E-state index contributed by atoms with van der Waals surface area (Å²) in [4.78, 5) is 24.7. The second-order valence-electron chi connectivity index (χ2n) is 6.60. The average molecular weight is 264 g/mol. The number of hydrogen-bond acceptors (Lipinski definition) is 2. The van der Waals surface area contributed by atoms with E-state index in [1.54, 1.807) is 0 Å². The Morgan fingerprint density at radius 1 is 1.05 bits per heavy atom. The Morgan fingerprint density at radius 3 is 1.79 bits per heavy atom. The van der Waals surface area contributed by atoms with E-state index in [9.17, 15) is 9.59 Å². The predicted octanol–water partition coefficient (Wildman–Crippen LogP) is 4.17. The minimum absolute atomic E-state index is 0.0457. The fourth-order valence-electron chi connectivity index (χ4n) is 4.92. The van der Waals surface area contributed by atoms with Crippen molar-refractivity contribution in [3.05, 3.63) is 0 Å². The van der Waals surface area contributed by atoms with E-state index in [0.717, 1.165) is 51.4 Å². The van der Waals surface area contributed by atoms with Gasteiger partial charge in [-0.1, -0.05) is 27.2 Å². The molecule has 0 saturated heterocycles. The SMILES string of the molecule is CCC(C)C(CC)(C1CCCC1=O)C1CCCC1=O. The number of hydrogen-bond donors (Lipinski definition) is 0. The van der Waals surface area contributed by atoms with Gasteiger partial charge in [-0.05, 0) is 43.4 Å². The van der Waals surface area contributed by atoms with Gasteiger partial charge in [-0.3, -0.25) is 9.59 Å². The molecule has 2 rings (SSSR count). The van der Waals surface area contributed by atoms with Crippen molar-refractivity contribution in [2.45, 2.75) is 72.1 Å². The number of carbonyl (C=O) groups is 2. The van der Waals surface area contributed by atoms with Crippen LogP contribution in [-0.2, 0) is 9.59 Å². The van der Waals surface area contributed by atoms with E-state index in [-0.39, 0.29) is 17.3 Å². The van der Waals surface area contributed by atoms with Crippen molar-refractivity contribution in [1.29, 1.82) is 0 Å². The summed E-state index contributed by atoms with van der Waals surface area (Å²) in [5, 5.41) is 0. The minimum atomic E-state index is -0.0457. The Kier molecular flexibility index (Phi) is 4.47. The van der Waals surface area contributed by atoms with Gasteiger partial charge in [0.05, 0.1) is 0 Å². The third-order valence-electron chi connectivity index (χ3n) is 6.05. The van der Waals surface area contributed by atoms with Crippen LogP contribution in [0.3, 0.4) is 0 Å². The topological polar surface area (TPSA) is 34.1 Å².